The molecule has 4 rings (SSSR count). The van der Waals surface area contributed by atoms with Gasteiger partial charge < -0.3 is 9.80 Å². The van der Waals surface area contributed by atoms with Crippen LogP contribution in [0.1, 0.15) is 12.1 Å². The van der Waals surface area contributed by atoms with Gasteiger partial charge in [0.1, 0.15) is 5.01 Å². The van der Waals surface area contributed by atoms with Gasteiger partial charge >= 0.3 is 0 Å². The zero-order chi connectivity index (χ0) is 18.5. The van der Waals surface area contributed by atoms with Gasteiger partial charge in [-0.25, -0.2) is 15.0 Å². The molecular formula is C19H20N6OS. The number of aryl methyl sites for hydroxylation is 1. The molecule has 0 atom stereocenters. The molecule has 0 aliphatic carbocycles. The maximum atomic E-state index is 12.5. The summed E-state index contributed by atoms with van der Waals surface area (Å²) >= 11 is 1.60. The van der Waals surface area contributed by atoms with Gasteiger partial charge in [0.25, 0.3) is 0 Å². The normalized spacial score (nSPS) is 14.4. The number of amides is 1. The quantitative estimate of drug-likeness (QED) is 0.676. The number of nitrogens with zero attached hydrogens (tertiary/aromatic N) is 6. The standard InChI is InChI=1S/C19H20N6OS/c26-17(24-10-12-25(13-11-24)19-21-6-1-7-22-19)3-2-16-14-27-18(23-16)15-4-8-20-9-5-15/h1,4-9,14H,2-3,10-13H2. The number of anilines is 1. The fourth-order valence-corrected chi connectivity index (χ4v) is 3.91. The van der Waals surface area contributed by atoms with Crippen LogP contribution < -0.4 is 4.90 Å². The third kappa shape index (κ3) is 4.28. The lowest BCUT2D eigenvalue weighted by Crippen LogP contribution is -2.49. The predicted molar refractivity (Wildman–Crippen MR) is 104 cm³/mol. The number of rotatable bonds is 5. The number of hydrogen-bond acceptors (Lipinski definition) is 7. The van der Waals surface area contributed by atoms with E-state index in [0.717, 1.165) is 35.3 Å². The largest absolute Gasteiger partial charge is 0.339 e. The van der Waals surface area contributed by atoms with Crippen molar-refractivity contribution in [1.82, 2.24) is 24.8 Å². The minimum atomic E-state index is 0.182. The Kier molecular flexibility index (Phi) is 5.34. The van der Waals surface area contributed by atoms with Gasteiger partial charge in [-0.15, -0.1) is 11.3 Å². The molecule has 0 unspecified atom stereocenters. The van der Waals surface area contributed by atoms with Crippen molar-refractivity contribution in [3.8, 4) is 10.6 Å². The first-order valence-corrected chi connectivity index (χ1v) is 9.82. The summed E-state index contributed by atoms with van der Waals surface area (Å²) in [5.74, 6) is 0.915. The molecule has 1 aliphatic heterocycles. The Labute approximate surface area is 161 Å². The molecule has 0 bridgehead atoms. The molecule has 0 N–H and O–H groups in total. The molecule has 3 aromatic rings. The molecule has 0 aromatic carbocycles. The zero-order valence-corrected chi connectivity index (χ0v) is 15.7. The number of thiazole rings is 1. The van der Waals surface area contributed by atoms with Crippen molar-refractivity contribution in [2.75, 3.05) is 31.1 Å². The first kappa shape index (κ1) is 17.5. The highest BCUT2D eigenvalue weighted by molar-refractivity contribution is 7.13. The van der Waals surface area contributed by atoms with E-state index < -0.39 is 0 Å². The van der Waals surface area contributed by atoms with Gasteiger partial charge in [0.2, 0.25) is 11.9 Å². The van der Waals surface area contributed by atoms with Crippen LogP contribution >= 0.6 is 11.3 Å². The van der Waals surface area contributed by atoms with E-state index in [-0.39, 0.29) is 5.91 Å². The van der Waals surface area contributed by atoms with Crippen LogP contribution in [0.5, 0.6) is 0 Å². The van der Waals surface area contributed by atoms with Crippen LogP contribution in [0, 0.1) is 0 Å². The number of carbonyl (C=O) groups is 1. The van der Waals surface area contributed by atoms with Gasteiger partial charge in [-0.3, -0.25) is 9.78 Å². The maximum absolute atomic E-state index is 12.5. The van der Waals surface area contributed by atoms with E-state index in [9.17, 15) is 4.79 Å². The predicted octanol–water partition coefficient (Wildman–Crippen LogP) is 2.28. The fourth-order valence-electron chi connectivity index (χ4n) is 3.05. The van der Waals surface area contributed by atoms with Crippen molar-refractivity contribution in [2.45, 2.75) is 12.8 Å². The first-order valence-electron chi connectivity index (χ1n) is 8.94. The first-order chi connectivity index (χ1) is 13.3. The van der Waals surface area contributed by atoms with Gasteiger partial charge in [0.05, 0.1) is 5.69 Å². The molecule has 0 radical (unpaired) electrons. The van der Waals surface area contributed by atoms with Crippen LogP contribution in [0.15, 0.2) is 48.4 Å². The second-order valence-electron chi connectivity index (χ2n) is 6.30. The lowest BCUT2D eigenvalue weighted by Gasteiger charge is -2.34. The number of carbonyl (C=O) groups excluding carboxylic acids is 1. The van der Waals surface area contributed by atoms with Crippen LogP contribution in [0.4, 0.5) is 5.95 Å². The summed E-state index contributed by atoms with van der Waals surface area (Å²) in [5.41, 5.74) is 2.03. The van der Waals surface area contributed by atoms with Crippen LogP contribution in [0.2, 0.25) is 0 Å². The van der Waals surface area contributed by atoms with Crippen molar-refractivity contribution in [3.63, 3.8) is 0 Å². The SMILES string of the molecule is O=C(CCc1csc(-c2ccncc2)n1)N1CCN(c2ncccn2)CC1. The Hall–Kier alpha value is -2.87. The van der Waals surface area contributed by atoms with Crippen LogP contribution in [-0.2, 0) is 11.2 Å². The molecule has 1 saturated heterocycles. The van der Waals surface area contributed by atoms with Crippen molar-refractivity contribution in [2.24, 2.45) is 0 Å². The number of aromatic nitrogens is 4. The Bertz CT molecular complexity index is 877. The lowest BCUT2D eigenvalue weighted by molar-refractivity contribution is -0.131. The summed E-state index contributed by atoms with van der Waals surface area (Å²) in [6.07, 6.45) is 8.17. The van der Waals surface area contributed by atoms with Gasteiger partial charge in [0.15, 0.2) is 0 Å². The monoisotopic (exact) mass is 380 g/mol. The Morgan fingerprint density at radius 3 is 2.52 bits per heavy atom. The summed E-state index contributed by atoms with van der Waals surface area (Å²) < 4.78 is 0. The Morgan fingerprint density at radius 2 is 1.78 bits per heavy atom. The molecular weight excluding hydrogens is 360 g/mol. The van der Waals surface area contributed by atoms with E-state index in [1.807, 2.05) is 28.5 Å². The highest BCUT2D eigenvalue weighted by atomic mass is 32.1. The molecule has 3 aromatic heterocycles. The molecule has 0 saturated carbocycles. The van der Waals surface area contributed by atoms with Gasteiger partial charge in [0, 0.05) is 68.3 Å². The van der Waals surface area contributed by atoms with Crippen molar-refractivity contribution in [3.05, 3.63) is 54.1 Å². The molecule has 27 heavy (non-hydrogen) atoms. The van der Waals surface area contributed by atoms with Gasteiger partial charge in [-0.2, -0.15) is 0 Å². The zero-order valence-electron chi connectivity index (χ0n) is 14.9. The van der Waals surface area contributed by atoms with Crippen molar-refractivity contribution in [1.29, 1.82) is 0 Å². The molecule has 1 amide bonds. The van der Waals surface area contributed by atoms with Gasteiger partial charge in [-0.05, 0) is 24.6 Å². The molecule has 0 spiro atoms. The van der Waals surface area contributed by atoms with Crippen LogP contribution in [0.3, 0.4) is 0 Å². The summed E-state index contributed by atoms with van der Waals surface area (Å²) in [6, 6.07) is 5.70. The van der Waals surface area contributed by atoms with E-state index in [2.05, 4.69) is 24.8 Å². The van der Waals surface area contributed by atoms with Crippen LogP contribution in [-0.4, -0.2) is 56.9 Å². The third-order valence-corrected chi connectivity index (χ3v) is 5.48. The van der Waals surface area contributed by atoms with Crippen molar-refractivity contribution < 1.29 is 4.79 Å². The second kappa shape index (κ2) is 8.22. The highest BCUT2D eigenvalue weighted by Crippen LogP contribution is 2.23. The Balaban J connectivity index is 1.27. The van der Waals surface area contributed by atoms with E-state index in [1.54, 1.807) is 36.1 Å². The molecule has 8 heteroatoms. The summed E-state index contributed by atoms with van der Waals surface area (Å²) in [6.45, 7) is 2.93. The Morgan fingerprint density at radius 1 is 1.04 bits per heavy atom. The van der Waals surface area contributed by atoms with E-state index in [1.165, 1.54) is 0 Å². The summed E-state index contributed by atoms with van der Waals surface area (Å²) in [7, 11) is 0. The molecule has 7 nitrogen and oxygen atoms in total. The minimum Gasteiger partial charge on any atom is -0.339 e. The van der Waals surface area contributed by atoms with Gasteiger partial charge in [-0.1, -0.05) is 0 Å². The average molecular weight is 380 g/mol. The minimum absolute atomic E-state index is 0.182. The molecule has 4 heterocycles. The smallest absolute Gasteiger partial charge is 0.225 e. The lowest BCUT2D eigenvalue weighted by atomic mass is 10.2. The summed E-state index contributed by atoms with van der Waals surface area (Å²) in [4.78, 5) is 33.8. The highest BCUT2D eigenvalue weighted by Gasteiger charge is 2.22. The molecule has 1 aliphatic rings. The average Bonchev–Trinajstić information content (AvgIpc) is 3.22. The van der Waals surface area contributed by atoms with E-state index >= 15 is 0 Å². The fraction of sp³-hybridized carbons (Fsp3) is 0.316. The molecule has 1 fully saturated rings. The second-order valence-corrected chi connectivity index (χ2v) is 7.15. The number of hydrogen-bond donors (Lipinski definition) is 0. The number of piperazine rings is 1. The third-order valence-electron chi connectivity index (χ3n) is 4.54. The topological polar surface area (TPSA) is 75.1 Å². The van der Waals surface area contributed by atoms with Crippen molar-refractivity contribution >= 4 is 23.2 Å². The van der Waals surface area contributed by atoms with E-state index in [4.69, 9.17) is 0 Å². The maximum Gasteiger partial charge on any atom is 0.225 e. The number of pyridine rings is 1. The van der Waals surface area contributed by atoms with Crippen LogP contribution in [0.25, 0.3) is 10.6 Å². The molecule has 138 valence electrons. The summed E-state index contributed by atoms with van der Waals surface area (Å²) in [5, 5.41) is 3.00. The van der Waals surface area contributed by atoms with E-state index in [0.29, 0.717) is 25.9 Å².